The molecule has 1 unspecified atom stereocenters. The van der Waals surface area contributed by atoms with E-state index in [-0.39, 0.29) is 22.5 Å². The lowest BCUT2D eigenvalue weighted by molar-refractivity contribution is 0.0933. The topological polar surface area (TPSA) is 105 Å². The Kier molecular flexibility index (Phi) is 3.45. The molecule has 2 rings (SSSR count). The summed E-state index contributed by atoms with van der Waals surface area (Å²) in [5.74, 6) is 0.418. The zero-order chi connectivity index (χ0) is 13.3. The number of aromatic nitrogens is 1. The van der Waals surface area contributed by atoms with Crippen LogP contribution in [-0.2, 0) is 10.0 Å². The fourth-order valence-corrected chi connectivity index (χ4v) is 2.39. The van der Waals surface area contributed by atoms with Crippen molar-refractivity contribution in [3.05, 3.63) is 18.0 Å². The van der Waals surface area contributed by atoms with Crippen LogP contribution in [0, 0.1) is 5.92 Å². The zero-order valence-corrected chi connectivity index (χ0v) is 11.0. The van der Waals surface area contributed by atoms with Crippen molar-refractivity contribution in [1.82, 2.24) is 10.3 Å². The fraction of sp³-hybridized carbons (Fsp3) is 0.545. The maximum Gasteiger partial charge on any atom is 0.267 e. The molecule has 0 bridgehead atoms. The Morgan fingerprint density at radius 2 is 2.28 bits per heavy atom. The van der Waals surface area contributed by atoms with Gasteiger partial charge in [-0.15, -0.1) is 0 Å². The van der Waals surface area contributed by atoms with Crippen molar-refractivity contribution in [3.63, 3.8) is 0 Å². The van der Waals surface area contributed by atoms with E-state index in [1.165, 1.54) is 25.1 Å². The molecule has 0 aliphatic heterocycles. The fourth-order valence-electron chi connectivity index (χ4n) is 1.88. The summed E-state index contributed by atoms with van der Waals surface area (Å²) in [6, 6.07) is 1.33. The van der Waals surface area contributed by atoms with Gasteiger partial charge < -0.3 is 10.3 Å². The Balaban J connectivity index is 1.97. The van der Waals surface area contributed by atoms with Gasteiger partial charge in [-0.3, -0.25) is 4.79 Å². The number of amides is 1. The summed E-state index contributed by atoms with van der Waals surface area (Å²) < 4.78 is 22.1. The van der Waals surface area contributed by atoms with Crippen LogP contribution < -0.4 is 10.5 Å². The lowest BCUT2D eigenvalue weighted by atomic mass is 10.1. The van der Waals surface area contributed by atoms with Crippen molar-refractivity contribution in [2.75, 3.05) is 0 Å². The van der Waals surface area contributed by atoms with Gasteiger partial charge in [0.1, 0.15) is 5.69 Å². The standard InChI is InChI=1S/C11H17N3O3S/c1-7(4-8-2-3-8)14-11(15)10-5-9(6-13-10)18(12,16)17/h5-8,13H,2-4H2,1H3,(H,14,15)(H2,12,16,17). The SMILES string of the molecule is CC(CC1CC1)NC(=O)c1cc(S(N)(=O)=O)c[nH]1. The molecule has 6 nitrogen and oxygen atoms in total. The van der Waals surface area contributed by atoms with Gasteiger partial charge in [-0.05, 0) is 25.3 Å². The largest absolute Gasteiger partial charge is 0.356 e. The summed E-state index contributed by atoms with van der Waals surface area (Å²) in [7, 11) is -3.76. The molecule has 4 N–H and O–H groups in total. The van der Waals surface area contributed by atoms with Crippen molar-refractivity contribution in [1.29, 1.82) is 0 Å². The maximum atomic E-state index is 11.8. The highest BCUT2D eigenvalue weighted by molar-refractivity contribution is 7.89. The lowest BCUT2D eigenvalue weighted by Gasteiger charge is -2.12. The number of sulfonamides is 1. The number of primary sulfonamides is 1. The molecule has 0 radical (unpaired) electrons. The molecule has 0 saturated heterocycles. The molecule has 1 saturated carbocycles. The second-order valence-electron chi connectivity index (χ2n) is 4.85. The van der Waals surface area contributed by atoms with Crippen molar-refractivity contribution in [2.24, 2.45) is 11.1 Å². The van der Waals surface area contributed by atoms with Crippen LogP contribution in [0.5, 0.6) is 0 Å². The maximum absolute atomic E-state index is 11.8. The number of hydrogen-bond acceptors (Lipinski definition) is 3. The summed E-state index contributed by atoms with van der Waals surface area (Å²) >= 11 is 0. The van der Waals surface area contributed by atoms with Crippen molar-refractivity contribution < 1.29 is 13.2 Å². The molecule has 1 fully saturated rings. The van der Waals surface area contributed by atoms with Crippen molar-refractivity contribution in [2.45, 2.75) is 37.1 Å². The van der Waals surface area contributed by atoms with Gasteiger partial charge in [0.2, 0.25) is 10.0 Å². The predicted octanol–water partition coefficient (Wildman–Crippen LogP) is 0.581. The van der Waals surface area contributed by atoms with E-state index in [1.54, 1.807) is 0 Å². The Morgan fingerprint density at radius 1 is 1.61 bits per heavy atom. The molecular formula is C11H17N3O3S. The van der Waals surface area contributed by atoms with E-state index < -0.39 is 10.0 Å². The summed E-state index contributed by atoms with van der Waals surface area (Å²) in [6.07, 6.45) is 4.65. The number of H-pyrrole nitrogens is 1. The minimum Gasteiger partial charge on any atom is -0.356 e. The molecule has 100 valence electrons. The average molecular weight is 271 g/mol. The number of carbonyl (C=O) groups is 1. The van der Waals surface area contributed by atoms with Crippen LogP contribution >= 0.6 is 0 Å². The number of aromatic amines is 1. The minimum absolute atomic E-state index is 0.0810. The van der Waals surface area contributed by atoms with Crippen LogP contribution in [-0.4, -0.2) is 25.4 Å². The van der Waals surface area contributed by atoms with E-state index in [2.05, 4.69) is 10.3 Å². The first-order valence-electron chi connectivity index (χ1n) is 5.88. The highest BCUT2D eigenvalue weighted by atomic mass is 32.2. The molecular weight excluding hydrogens is 254 g/mol. The Hall–Kier alpha value is -1.34. The quantitative estimate of drug-likeness (QED) is 0.729. The van der Waals surface area contributed by atoms with E-state index in [4.69, 9.17) is 5.14 Å². The van der Waals surface area contributed by atoms with E-state index in [9.17, 15) is 13.2 Å². The van der Waals surface area contributed by atoms with Gasteiger partial charge in [0.25, 0.3) is 5.91 Å². The summed E-state index contributed by atoms with van der Waals surface area (Å²) in [4.78, 5) is 14.4. The molecule has 1 aliphatic rings. The summed E-state index contributed by atoms with van der Waals surface area (Å²) in [5, 5.41) is 7.79. The minimum atomic E-state index is -3.76. The Morgan fingerprint density at radius 3 is 2.78 bits per heavy atom. The number of rotatable bonds is 5. The first kappa shape index (κ1) is 13.1. The molecule has 18 heavy (non-hydrogen) atoms. The highest BCUT2D eigenvalue weighted by Gasteiger charge is 2.24. The second-order valence-corrected chi connectivity index (χ2v) is 6.41. The van der Waals surface area contributed by atoms with Gasteiger partial charge in [0, 0.05) is 12.2 Å². The third kappa shape index (κ3) is 3.33. The first-order valence-corrected chi connectivity index (χ1v) is 7.43. The molecule has 1 aromatic rings. The third-order valence-electron chi connectivity index (χ3n) is 2.99. The molecule has 1 atom stereocenters. The molecule has 1 aliphatic carbocycles. The molecule has 1 heterocycles. The molecule has 1 amide bonds. The van der Waals surface area contributed by atoms with E-state index >= 15 is 0 Å². The highest BCUT2D eigenvalue weighted by Crippen LogP contribution is 2.33. The molecule has 0 spiro atoms. The van der Waals surface area contributed by atoms with Crippen molar-refractivity contribution in [3.8, 4) is 0 Å². The normalized spacial score (nSPS) is 17.4. The molecule has 0 aromatic carbocycles. The van der Waals surface area contributed by atoms with E-state index in [0.29, 0.717) is 0 Å². The Labute approximate surface area is 106 Å². The van der Waals surface area contributed by atoms with Gasteiger partial charge in [-0.25, -0.2) is 13.6 Å². The third-order valence-corrected chi connectivity index (χ3v) is 3.88. The van der Waals surface area contributed by atoms with Crippen LogP contribution in [0.25, 0.3) is 0 Å². The Bertz CT molecular complexity index is 546. The number of nitrogens with one attached hydrogen (secondary N) is 2. The van der Waals surface area contributed by atoms with Crippen LogP contribution in [0.4, 0.5) is 0 Å². The van der Waals surface area contributed by atoms with Crippen LogP contribution in [0.15, 0.2) is 17.2 Å². The van der Waals surface area contributed by atoms with Gasteiger partial charge in [0.05, 0.1) is 4.90 Å². The van der Waals surface area contributed by atoms with Gasteiger partial charge >= 0.3 is 0 Å². The smallest absolute Gasteiger partial charge is 0.267 e. The number of carbonyl (C=O) groups excluding carboxylic acids is 1. The van der Waals surface area contributed by atoms with E-state index in [1.807, 2.05) is 6.92 Å². The number of hydrogen-bond donors (Lipinski definition) is 3. The zero-order valence-electron chi connectivity index (χ0n) is 10.1. The number of nitrogens with two attached hydrogens (primary N) is 1. The predicted molar refractivity (Wildman–Crippen MR) is 66.4 cm³/mol. The van der Waals surface area contributed by atoms with E-state index in [0.717, 1.165) is 12.3 Å². The monoisotopic (exact) mass is 271 g/mol. The van der Waals surface area contributed by atoms with Gasteiger partial charge in [-0.2, -0.15) is 0 Å². The van der Waals surface area contributed by atoms with Crippen LogP contribution in [0.3, 0.4) is 0 Å². The average Bonchev–Trinajstić information content (AvgIpc) is 2.91. The second kappa shape index (κ2) is 4.74. The summed E-state index contributed by atoms with van der Waals surface area (Å²) in [5.41, 5.74) is 0.210. The van der Waals surface area contributed by atoms with Crippen LogP contribution in [0.2, 0.25) is 0 Å². The van der Waals surface area contributed by atoms with Gasteiger partial charge in [-0.1, -0.05) is 12.8 Å². The van der Waals surface area contributed by atoms with Crippen molar-refractivity contribution >= 4 is 15.9 Å². The van der Waals surface area contributed by atoms with Crippen LogP contribution in [0.1, 0.15) is 36.7 Å². The lowest BCUT2D eigenvalue weighted by Crippen LogP contribution is -2.33. The molecule has 7 heteroatoms. The summed E-state index contributed by atoms with van der Waals surface area (Å²) in [6.45, 7) is 1.94. The molecule has 1 aromatic heterocycles. The first-order chi connectivity index (χ1) is 8.36. The van der Waals surface area contributed by atoms with Gasteiger partial charge in [0.15, 0.2) is 0 Å².